The molecule has 2 atom stereocenters. The fourth-order valence-corrected chi connectivity index (χ4v) is 7.02. The number of nitrogens with zero attached hydrogens (tertiary/aromatic N) is 5. The summed E-state index contributed by atoms with van der Waals surface area (Å²) in [5.41, 5.74) is 3.22. The second-order valence-electron chi connectivity index (χ2n) is 10.6. The molecule has 2 aliphatic rings. The van der Waals surface area contributed by atoms with E-state index in [9.17, 15) is 17.2 Å². The van der Waals surface area contributed by atoms with Gasteiger partial charge in [-0.1, -0.05) is 26.0 Å². The maximum Gasteiger partial charge on any atom is 0.167 e. The van der Waals surface area contributed by atoms with Gasteiger partial charge < -0.3 is 0 Å². The number of fused-ring (bicyclic) bond motifs is 5. The van der Waals surface area contributed by atoms with Crippen molar-refractivity contribution in [2.45, 2.75) is 43.9 Å². The van der Waals surface area contributed by atoms with E-state index in [0.29, 0.717) is 11.3 Å². The molecule has 0 spiro atoms. The predicted molar refractivity (Wildman–Crippen MR) is 134 cm³/mol. The number of sulfone groups is 1. The molecule has 0 radical (unpaired) electrons. The molecule has 2 bridgehead atoms. The zero-order valence-corrected chi connectivity index (χ0v) is 21.4. The van der Waals surface area contributed by atoms with Crippen molar-refractivity contribution in [3.05, 3.63) is 83.4 Å². The molecule has 1 fully saturated rings. The van der Waals surface area contributed by atoms with Crippen LogP contribution in [0.25, 0.3) is 22.5 Å². The van der Waals surface area contributed by atoms with E-state index in [-0.39, 0.29) is 28.5 Å². The number of hydrogen-bond donors (Lipinski definition) is 0. The molecule has 1 aromatic carbocycles. The summed E-state index contributed by atoms with van der Waals surface area (Å²) in [7, 11) is -3.24. The summed E-state index contributed by atoms with van der Waals surface area (Å²) in [6, 6.07) is 11.3. The smallest absolute Gasteiger partial charge is 0.167 e. The number of rotatable bonds is 5. The van der Waals surface area contributed by atoms with Crippen molar-refractivity contribution in [2.24, 2.45) is 5.41 Å². The molecule has 2 aliphatic carbocycles. The Bertz CT molecular complexity index is 1650. The van der Waals surface area contributed by atoms with Crippen LogP contribution in [0.3, 0.4) is 0 Å². The fourth-order valence-electron chi connectivity index (χ4n) is 6.40. The predicted octanol–water partition coefficient (Wildman–Crippen LogP) is 4.89. The molecule has 37 heavy (non-hydrogen) atoms. The Labute approximate surface area is 213 Å². The summed E-state index contributed by atoms with van der Waals surface area (Å²) in [5, 5.41) is 13.1. The largest absolute Gasteiger partial charge is 0.257 e. The standard InChI is InChI=1S/C27H25F2N5O2S/c1-26(2)18-10-11-27(26,25-17(18)12-22(32-33-25)24-19(28)6-4-7-20(24)29)23-9-5-8-21(31-23)16-13-30-34(14-16)15-37(3,35)36/h4-9,12-14,18H,10-11,15H2,1-3H3/t18-,27+/m0/s1. The SMILES string of the molecule is CC1(C)[C@H]2CC[C@@]1(c1cccc(-c3cnn(CS(C)(=O)=O)c3)n1)c1nnc(-c3c(F)cccc3F)cc12. The van der Waals surface area contributed by atoms with Crippen LogP contribution in [-0.2, 0) is 21.1 Å². The van der Waals surface area contributed by atoms with Gasteiger partial charge in [-0.2, -0.15) is 10.2 Å². The fraction of sp³-hybridized carbons (Fsp3) is 0.333. The molecule has 6 rings (SSSR count). The highest BCUT2D eigenvalue weighted by Gasteiger charge is 2.65. The Morgan fingerprint density at radius 2 is 1.78 bits per heavy atom. The molecule has 0 N–H and O–H groups in total. The van der Waals surface area contributed by atoms with E-state index < -0.39 is 26.9 Å². The van der Waals surface area contributed by atoms with Gasteiger partial charge in [-0.3, -0.25) is 9.67 Å². The summed E-state index contributed by atoms with van der Waals surface area (Å²) in [6.07, 6.45) is 6.16. The summed E-state index contributed by atoms with van der Waals surface area (Å²) in [6.45, 7) is 4.38. The monoisotopic (exact) mass is 521 g/mol. The van der Waals surface area contributed by atoms with Crippen LogP contribution in [0.5, 0.6) is 0 Å². The Balaban J connectivity index is 1.45. The van der Waals surface area contributed by atoms with Crippen LogP contribution in [0, 0.1) is 17.0 Å². The zero-order valence-electron chi connectivity index (χ0n) is 20.6. The van der Waals surface area contributed by atoms with Gasteiger partial charge in [-0.15, -0.1) is 5.10 Å². The lowest BCUT2D eigenvalue weighted by Crippen LogP contribution is -2.37. The van der Waals surface area contributed by atoms with Gasteiger partial charge in [0.15, 0.2) is 9.84 Å². The lowest BCUT2D eigenvalue weighted by atomic mass is 9.66. The van der Waals surface area contributed by atoms with Crippen LogP contribution < -0.4 is 0 Å². The Morgan fingerprint density at radius 3 is 2.51 bits per heavy atom. The summed E-state index contributed by atoms with van der Waals surface area (Å²) in [4.78, 5) is 5.02. The van der Waals surface area contributed by atoms with Crippen LogP contribution in [0.4, 0.5) is 8.78 Å². The first-order chi connectivity index (χ1) is 17.5. The zero-order chi connectivity index (χ0) is 26.2. The Hall–Kier alpha value is -3.53. The van der Waals surface area contributed by atoms with E-state index in [4.69, 9.17) is 4.98 Å². The molecule has 4 aromatic rings. The van der Waals surface area contributed by atoms with Gasteiger partial charge in [-0.05, 0) is 60.1 Å². The van der Waals surface area contributed by atoms with Crippen LogP contribution in [-0.4, -0.2) is 39.6 Å². The van der Waals surface area contributed by atoms with Gasteiger partial charge in [0.25, 0.3) is 0 Å². The van der Waals surface area contributed by atoms with Gasteiger partial charge in [0, 0.05) is 18.0 Å². The molecule has 0 aliphatic heterocycles. The molecule has 10 heteroatoms. The second-order valence-corrected chi connectivity index (χ2v) is 12.7. The average molecular weight is 522 g/mol. The van der Waals surface area contributed by atoms with Gasteiger partial charge in [-0.25, -0.2) is 17.2 Å². The molecular formula is C27H25F2N5O2S. The molecule has 0 saturated heterocycles. The minimum absolute atomic E-state index is 0.134. The first-order valence-corrected chi connectivity index (χ1v) is 14.1. The van der Waals surface area contributed by atoms with Gasteiger partial charge in [0.1, 0.15) is 17.5 Å². The minimum Gasteiger partial charge on any atom is -0.257 e. The third-order valence-corrected chi connectivity index (χ3v) is 8.82. The first kappa shape index (κ1) is 23.8. The molecule has 7 nitrogen and oxygen atoms in total. The van der Waals surface area contributed by atoms with Crippen LogP contribution in [0.2, 0.25) is 0 Å². The van der Waals surface area contributed by atoms with Crippen molar-refractivity contribution in [1.82, 2.24) is 25.0 Å². The highest BCUT2D eigenvalue weighted by Crippen LogP contribution is 2.69. The van der Waals surface area contributed by atoms with Crippen molar-refractivity contribution < 1.29 is 17.2 Å². The molecule has 1 saturated carbocycles. The van der Waals surface area contributed by atoms with E-state index in [2.05, 4.69) is 29.1 Å². The molecular weight excluding hydrogens is 496 g/mol. The average Bonchev–Trinajstić information content (AvgIpc) is 3.45. The third-order valence-electron chi connectivity index (χ3n) is 8.08. The number of pyridine rings is 1. The van der Waals surface area contributed by atoms with E-state index in [1.165, 1.54) is 22.9 Å². The third kappa shape index (κ3) is 3.53. The number of aromatic nitrogens is 5. The molecule has 190 valence electrons. The number of hydrogen-bond acceptors (Lipinski definition) is 6. The van der Waals surface area contributed by atoms with Gasteiger partial charge in [0.2, 0.25) is 0 Å². The van der Waals surface area contributed by atoms with Crippen LogP contribution in [0.15, 0.2) is 54.9 Å². The molecule has 3 aromatic heterocycles. The molecule has 0 amide bonds. The number of benzene rings is 1. The topological polar surface area (TPSA) is 90.6 Å². The van der Waals surface area contributed by atoms with Crippen molar-refractivity contribution in [3.8, 4) is 22.5 Å². The van der Waals surface area contributed by atoms with E-state index in [1.54, 1.807) is 18.5 Å². The summed E-state index contributed by atoms with van der Waals surface area (Å²) < 4.78 is 53.7. The Morgan fingerprint density at radius 1 is 1.05 bits per heavy atom. The summed E-state index contributed by atoms with van der Waals surface area (Å²) in [5.74, 6) is -1.41. The van der Waals surface area contributed by atoms with Crippen molar-refractivity contribution in [1.29, 1.82) is 0 Å². The number of halogens is 2. The minimum atomic E-state index is -3.24. The highest BCUT2D eigenvalue weighted by molar-refractivity contribution is 7.89. The maximum atomic E-state index is 14.5. The van der Waals surface area contributed by atoms with Crippen molar-refractivity contribution >= 4 is 9.84 Å². The van der Waals surface area contributed by atoms with E-state index in [1.807, 2.05) is 18.2 Å². The Kier molecular flexibility index (Phi) is 5.14. The molecule has 0 unspecified atom stereocenters. The molecule has 3 heterocycles. The lowest BCUT2D eigenvalue weighted by Gasteiger charge is -2.37. The highest BCUT2D eigenvalue weighted by atomic mass is 32.2. The van der Waals surface area contributed by atoms with Crippen LogP contribution in [0.1, 0.15) is 49.6 Å². The summed E-state index contributed by atoms with van der Waals surface area (Å²) >= 11 is 0. The maximum absolute atomic E-state index is 14.5. The van der Waals surface area contributed by atoms with E-state index >= 15 is 0 Å². The lowest BCUT2D eigenvalue weighted by molar-refractivity contribution is 0.243. The van der Waals surface area contributed by atoms with Crippen molar-refractivity contribution in [3.63, 3.8) is 0 Å². The van der Waals surface area contributed by atoms with Gasteiger partial charge >= 0.3 is 0 Å². The van der Waals surface area contributed by atoms with E-state index in [0.717, 1.165) is 36.0 Å². The normalized spacial score (nSPS) is 21.8. The van der Waals surface area contributed by atoms with Crippen molar-refractivity contribution in [2.75, 3.05) is 6.26 Å². The quantitative estimate of drug-likeness (QED) is 0.372. The van der Waals surface area contributed by atoms with Gasteiger partial charge in [0.05, 0.1) is 40.0 Å². The van der Waals surface area contributed by atoms with Crippen LogP contribution >= 0.6 is 0 Å². The second kappa shape index (κ2) is 7.98. The first-order valence-electron chi connectivity index (χ1n) is 12.0.